The number of halogens is 4. The van der Waals surface area contributed by atoms with Crippen LogP contribution in [0.1, 0.15) is 21.5 Å². The van der Waals surface area contributed by atoms with Crippen molar-refractivity contribution in [1.29, 1.82) is 0 Å². The Hall–Kier alpha value is -1.04. The number of nitrogens with two attached hydrogens (primary N) is 1. The molecule has 0 heterocycles. The molecule has 84 valence electrons. The zero-order valence-electron chi connectivity index (χ0n) is 7.76. The van der Waals surface area contributed by atoms with Gasteiger partial charge in [-0.25, -0.2) is 0 Å². The second-order valence-electron chi connectivity index (χ2n) is 2.89. The molecule has 0 radical (unpaired) electrons. The summed E-state index contributed by atoms with van der Waals surface area (Å²) in [5.74, 6) is -0.726. The first-order chi connectivity index (χ1) is 6.32. The molecule has 0 aromatic heterocycles. The molecule has 0 aliphatic carbocycles. The first-order valence-corrected chi connectivity index (χ1v) is 3.80. The lowest BCUT2D eigenvalue weighted by atomic mass is 10.0. The average molecular weight is 284 g/mol. The van der Waals surface area contributed by atoms with Crippen molar-refractivity contribution in [3.63, 3.8) is 0 Å². The maximum absolute atomic E-state index is 12.2. The van der Waals surface area contributed by atoms with Gasteiger partial charge < -0.3 is 5.73 Å². The van der Waals surface area contributed by atoms with E-state index in [2.05, 4.69) is 0 Å². The summed E-state index contributed by atoms with van der Waals surface area (Å²) in [5.41, 5.74) is 4.51. The Kier molecular flexibility index (Phi) is 4.33. The molecular weight excluding hydrogens is 275 g/mol. The fourth-order valence-corrected chi connectivity index (χ4v) is 1.12. The summed E-state index contributed by atoms with van der Waals surface area (Å²) in [6.45, 7) is 1.41. The highest BCUT2D eigenvalue weighted by Crippen LogP contribution is 2.30. The van der Waals surface area contributed by atoms with Gasteiger partial charge in [-0.1, -0.05) is 0 Å². The van der Waals surface area contributed by atoms with E-state index in [1.807, 2.05) is 0 Å². The van der Waals surface area contributed by atoms with Gasteiger partial charge in [-0.05, 0) is 30.7 Å². The van der Waals surface area contributed by atoms with Crippen LogP contribution in [0.2, 0.25) is 0 Å². The Bertz CT molecular complexity index is 376. The number of hydrogen-bond acceptors (Lipinski definition) is 1. The summed E-state index contributed by atoms with van der Waals surface area (Å²) < 4.78 is 36.6. The molecule has 2 nitrogen and oxygen atoms in total. The third-order valence-electron chi connectivity index (χ3n) is 1.82. The number of aryl methyl sites for hydroxylation is 1. The van der Waals surface area contributed by atoms with Gasteiger partial charge in [0.2, 0.25) is 5.91 Å². The minimum absolute atomic E-state index is 0. The van der Waals surface area contributed by atoms with Crippen LogP contribution in [0.15, 0.2) is 18.2 Å². The molecule has 0 atom stereocenters. The Morgan fingerprint density at radius 1 is 1.33 bits per heavy atom. The van der Waals surface area contributed by atoms with Crippen molar-refractivity contribution in [2.75, 3.05) is 0 Å². The van der Waals surface area contributed by atoms with Gasteiger partial charge in [-0.15, -0.1) is 17.0 Å². The lowest BCUT2D eigenvalue weighted by molar-refractivity contribution is -0.137. The van der Waals surface area contributed by atoms with E-state index in [9.17, 15) is 18.0 Å². The summed E-state index contributed by atoms with van der Waals surface area (Å²) in [6, 6.07) is 2.83. The van der Waals surface area contributed by atoms with Crippen LogP contribution in [-0.2, 0) is 6.18 Å². The maximum atomic E-state index is 12.2. The minimum atomic E-state index is -4.39. The van der Waals surface area contributed by atoms with Gasteiger partial charge in [0.05, 0.1) is 5.56 Å². The van der Waals surface area contributed by atoms with Gasteiger partial charge in [0.15, 0.2) is 0 Å². The number of hydrogen-bond donors (Lipinski definition) is 1. The quantitative estimate of drug-likeness (QED) is 0.846. The van der Waals surface area contributed by atoms with Gasteiger partial charge in [-0.2, -0.15) is 13.2 Å². The number of rotatable bonds is 1. The number of carbonyl (C=O) groups excluding carboxylic acids is 1. The summed E-state index contributed by atoms with van der Waals surface area (Å²) in [4.78, 5) is 10.7. The number of alkyl halides is 3. The molecule has 15 heavy (non-hydrogen) atoms. The van der Waals surface area contributed by atoms with E-state index < -0.39 is 17.6 Å². The normalized spacial score (nSPS) is 10.7. The molecule has 0 unspecified atom stereocenters. The predicted molar refractivity (Wildman–Crippen MR) is 55.0 cm³/mol. The fourth-order valence-electron chi connectivity index (χ4n) is 1.12. The molecule has 0 saturated carbocycles. The van der Waals surface area contributed by atoms with Crippen LogP contribution >= 0.6 is 17.0 Å². The van der Waals surface area contributed by atoms with Gasteiger partial charge >= 0.3 is 6.18 Å². The summed E-state index contributed by atoms with van der Waals surface area (Å²) in [5, 5.41) is 0. The van der Waals surface area contributed by atoms with Gasteiger partial charge in [0.25, 0.3) is 0 Å². The molecule has 1 aromatic carbocycles. The first-order valence-electron chi connectivity index (χ1n) is 3.80. The number of primary amides is 1. The van der Waals surface area contributed by atoms with E-state index in [0.29, 0.717) is 0 Å². The summed E-state index contributed by atoms with van der Waals surface area (Å²) in [6.07, 6.45) is -4.39. The van der Waals surface area contributed by atoms with Crippen LogP contribution in [0, 0.1) is 6.92 Å². The van der Waals surface area contributed by atoms with E-state index in [-0.39, 0.29) is 28.1 Å². The van der Waals surface area contributed by atoms with Crippen molar-refractivity contribution in [2.24, 2.45) is 5.73 Å². The second-order valence-corrected chi connectivity index (χ2v) is 2.89. The molecule has 1 rings (SSSR count). The van der Waals surface area contributed by atoms with Crippen molar-refractivity contribution < 1.29 is 18.0 Å². The molecule has 0 bridgehead atoms. The predicted octanol–water partition coefficient (Wildman–Crippen LogP) is 2.69. The lowest BCUT2D eigenvalue weighted by Crippen LogP contribution is -2.14. The van der Waals surface area contributed by atoms with E-state index in [0.717, 1.165) is 18.2 Å². The highest BCUT2D eigenvalue weighted by atomic mass is 79.9. The number of amides is 1. The third kappa shape index (κ3) is 3.23. The molecule has 6 heteroatoms. The lowest BCUT2D eigenvalue weighted by Gasteiger charge is -2.08. The molecule has 1 aromatic rings. The van der Waals surface area contributed by atoms with E-state index in [1.54, 1.807) is 0 Å². The average Bonchev–Trinajstić information content (AvgIpc) is 2.01. The van der Waals surface area contributed by atoms with E-state index >= 15 is 0 Å². The zero-order valence-corrected chi connectivity index (χ0v) is 9.47. The van der Waals surface area contributed by atoms with Crippen molar-refractivity contribution in [1.82, 2.24) is 0 Å². The highest BCUT2D eigenvalue weighted by Gasteiger charge is 2.30. The van der Waals surface area contributed by atoms with E-state index in [1.165, 1.54) is 6.92 Å². The Morgan fingerprint density at radius 3 is 2.20 bits per heavy atom. The molecular formula is C9H9BrF3NO. The van der Waals surface area contributed by atoms with E-state index in [4.69, 9.17) is 5.73 Å². The SMILES string of the molecule is Br.Cc1cc(C(F)(F)F)ccc1C(N)=O. The van der Waals surface area contributed by atoms with Gasteiger partial charge in [-0.3, -0.25) is 4.79 Å². The standard InChI is InChI=1S/C9H8F3NO.BrH/c1-5-4-6(9(10,11)12)2-3-7(5)8(13)14;/h2-4H,1H3,(H2,13,14);1H. The Balaban J connectivity index is 0.00000196. The summed E-state index contributed by atoms with van der Waals surface area (Å²) in [7, 11) is 0. The number of carbonyl (C=O) groups is 1. The number of benzene rings is 1. The molecule has 0 aliphatic heterocycles. The highest BCUT2D eigenvalue weighted by molar-refractivity contribution is 8.93. The second kappa shape index (κ2) is 4.65. The first kappa shape index (κ1) is 14.0. The van der Waals surface area contributed by atoms with Crippen LogP contribution < -0.4 is 5.73 Å². The minimum Gasteiger partial charge on any atom is -0.366 e. The molecule has 0 fully saturated rings. The van der Waals surface area contributed by atoms with Crippen LogP contribution in [0.5, 0.6) is 0 Å². The Morgan fingerprint density at radius 2 is 1.87 bits per heavy atom. The maximum Gasteiger partial charge on any atom is 0.416 e. The smallest absolute Gasteiger partial charge is 0.366 e. The molecule has 0 aliphatic rings. The molecule has 2 N–H and O–H groups in total. The van der Waals surface area contributed by atoms with Crippen LogP contribution in [0.25, 0.3) is 0 Å². The van der Waals surface area contributed by atoms with Crippen LogP contribution in [0.4, 0.5) is 13.2 Å². The van der Waals surface area contributed by atoms with Crippen molar-refractivity contribution in [3.8, 4) is 0 Å². The zero-order chi connectivity index (χ0) is 10.9. The molecule has 0 saturated heterocycles. The third-order valence-corrected chi connectivity index (χ3v) is 1.82. The van der Waals surface area contributed by atoms with Gasteiger partial charge in [0, 0.05) is 5.56 Å². The fraction of sp³-hybridized carbons (Fsp3) is 0.222. The molecule has 1 amide bonds. The van der Waals surface area contributed by atoms with Crippen LogP contribution in [0.3, 0.4) is 0 Å². The van der Waals surface area contributed by atoms with Crippen molar-refractivity contribution in [2.45, 2.75) is 13.1 Å². The van der Waals surface area contributed by atoms with Crippen molar-refractivity contribution >= 4 is 22.9 Å². The largest absolute Gasteiger partial charge is 0.416 e. The summed E-state index contributed by atoms with van der Waals surface area (Å²) >= 11 is 0. The topological polar surface area (TPSA) is 43.1 Å². The molecule has 0 spiro atoms. The van der Waals surface area contributed by atoms with Crippen molar-refractivity contribution in [3.05, 3.63) is 34.9 Å². The van der Waals surface area contributed by atoms with Crippen LogP contribution in [-0.4, -0.2) is 5.91 Å². The monoisotopic (exact) mass is 283 g/mol. The van der Waals surface area contributed by atoms with Gasteiger partial charge in [0.1, 0.15) is 0 Å². The Labute approximate surface area is 95.0 Å².